The molecule has 1 saturated carbocycles. The van der Waals surface area contributed by atoms with Gasteiger partial charge in [0.15, 0.2) is 0 Å². The lowest BCUT2D eigenvalue weighted by molar-refractivity contribution is -0.150. The van der Waals surface area contributed by atoms with Gasteiger partial charge in [0.2, 0.25) is 0 Å². The Labute approximate surface area is 124 Å². The van der Waals surface area contributed by atoms with Gasteiger partial charge in [0, 0.05) is 6.54 Å². The third-order valence-corrected chi connectivity index (χ3v) is 4.34. The number of nitrogens with zero attached hydrogens (tertiary/aromatic N) is 1. The molecule has 0 saturated heterocycles. The highest BCUT2D eigenvalue weighted by Crippen LogP contribution is 2.29. The Bertz CT molecular complexity index is 292. The van der Waals surface area contributed by atoms with Gasteiger partial charge in [0.25, 0.3) is 0 Å². The van der Waals surface area contributed by atoms with Crippen LogP contribution >= 0.6 is 0 Å². The zero-order valence-electron chi connectivity index (χ0n) is 13.7. The summed E-state index contributed by atoms with van der Waals surface area (Å²) in [4.78, 5) is 14.5. The van der Waals surface area contributed by atoms with Crippen molar-refractivity contribution < 1.29 is 9.53 Å². The number of hydrogen-bond donors (Lipinski definition) is 1. The Morgan fingerprint density at radius 3 is 2.55 bits per heavy atom. The summed E-state index contributed by atoms with van der Waals surface area (Å²) in [6.07, 6.45) is 5.87. The average Bonchev–Trinajstić information content (AvgIpc) is 3.26. The molecule has 0 spiro atoms. The predicted octanol–water partition coefficient (Wildman–Crippen LogP) is 2.43. The molecule has 1 aliphatic rings. The van der Waals surface area contributed by atoms with Crippen LogP contribution in [0.4, 0.5) is 0 Å². The van der Waals surface area contributed by atoms with E-state index in [1.165, 1.54) is 19.4 Å². The van der Waals surface area contributed by atoms with Gasteiger partial charge in [-0.2, -0.15) is 0 Å². The molecule has 4 heteroatoms. The Hall–Kier alpha value is -0.610. The largest absolute Gasteiger partial charge is 0.465 e. The van der Waals surface area contributed by atoms with Gasteiger partial charge < -0.3 is 15.0 Å². The van der Waals surface area contributed by atoms with E-state index in [1.807, 2.05) is 20.9 Å². The summed E-state index contributed by atoms with van der Waals surface area (Å²) in [5, 5.41) is 3.12. The molecule has 0 aromatic rings. The highest BCUT2D eigenvalue weighted by atomic mass is 16.5. The molecule has 0 amide bonds. The number of carbonyl (C=O) groups is 1. The Morgan fingerprint density at radius 2 is 2.05 bits per heavy atom. The molecule has 118 valence electrons. The van der Waals surface area contributed by atoms with Crippen molar-refractivity contribution in [2.24, 2.45) is 5.92 Å². The molecule has 1 aliphatic carbocycles. The zero-order valence-corrected chi connectivity index (χ0v) is 13.7. The zero-order chi connectivity index (χ0) is 15.0. The summed E-state index contributed by atoms with van der Waals surface area (Å²) < 4.78 is 5.15. The third kappa shape index (κ3) is 5.80. The van der Waals surface area contributed by atoms with E-state index in [0.717, 1.165) is 38.3 Å². The fraction of sp³-hybridized carbons (Fsp3) is 0.938. The van der Waals surface area contributed by atoms with E-state index in [9.17, 15) is 4.79 Å². The minimum absolute atomic E-state index is 0.132. The number of esters is 1. The first-order valence-corrected chi connectivity index (χ1v) is 8.14. The highest BCUT2D eigenvalue weighted by Gasteiger charge is 2.32. The minimum Gasteiger partial charge on any atom is -0.465 e. The van der Waals surface area contributed by atoms with E-state index in [-0.39, 0.29) is 5.97 Å². The number of rotatable bonds is 11. The van der Waals surface area contributed by atoms with Crippen molar-refractivity contribution in [3.63, 3.8) is 0 Å². The number of likely N-dealkylation sites (N-methyl/N-ethyl adjacent to an activating group) is 1. The monoisotopic (exact) mass is 284 g/mol. The van der Waals surface area contributed by atoms with Crippen LogP contribution in [0.3, 0.4) is 0 Å². The van der Waals surface area contributed by atoms with Gasteiger partial charge in [-0.3, -0.25) is 4.79 Å². The summed E-state index contributed by atoms with van der Waals surface area (Å²) in [5.74, 6) is 0.824. The van der Waals surface area contributed by atoms with Crippen LogP contribution in [0.15, 0.2) is 0 Å². The smallest absolute Gasteiger partial charge is 0.326 e. The maximum Gasteiger partial charge on any atom is 0.326 e. The standard InChI is InChI=1S/C16H32N2O2/c1-5-18(13-14-9-10-14)12-8-7-11-16(3,17-4)15(19)20-6-2/h14,17H,5-13H2,1-4H3. The van der Waals surface area contributed by atoms with E-state index in [4.69, 9.17) is 4.74 Å². The molecule has 1 atom stereocenters. The summed E-state index contributed by atoms with van der Waals surface area (Å²) >= 11 is 0. The van der Waals surface area contributed by atoms with Crippen LogP contribution in [0.25, 0.3) is 0 Å². The van der Waals surface area contributed by atoms with Crippen molar-refractivity contribution >= 4 is 5.97 Å². The van der Waals surface area contributed by atoms with Crippen LogP contribution in [0.5, 0.6) is 0 Å². The molecule has 1 N–H and O–H groups in total. The number of hydrogen-bond acceptors (Lipinski definition) is 4. The quantitative estimate of drug-likeness (QED) is 0.467. The van der Waals surface area contributed by atoms with E-state index in [0.29, 0.717) is 6.61 Å². The van der Waals surface area contributed by atoms with Crippen LogP contribution < -0.4 is 5.32 Å². The molecule has 0 radical (unpaired) electrons. The van der Waals surface area contributed by atoms with Gasteiger partial charge >= 0.3 is 5.97 Å². The normalized spacial score (nSPS) is 18.1. The van der Waals surface area contributed by atoms with Gasteiger partial charge in [-0.05, 0) is 72.0 Å². The minimum atomic E-state index is -0.538. The van der Waals surface area contributed by atoms with Crippen molar-refractivity contribution in [1.29, 1.82) is 0 Å². The second-order valence-corrected chi connectivity index (χ2v) is 6.10. The molecular formula is C16H32N2O2. The average molecular weight is 284 g/mol. The van der Waals surface area contributed by atoms with Crippen molar-refractivity contribution in [3.8, 4) is 0 Å². The van der Waals surface area contributed by atoms with E-state index in [1.54, 1.807) is 0 Å². The number of carbonyl (C=O) groups excluding carboxylic acids is 1. The molecule has 20 heavy (non-hydrogen) atoms. The van der Waals surface area contributed by atoms with Gasteiger partial charge in [-0.1, -0.05) is 6.92 Å². The van der Waals surface area contributed by atoms with Crippen LogP contribution in [0.2, 0.25) is 0 Å². The van der Waals surface area contributed by atoms with Crippen LogP contribution in [-0.2, 0) is 9.53 Å². The maximum absolute atomic E-state index is 11.9. The molecule has 0 heterocycles. The first-order chi connectivity index (χ1) is 9.55. The molecule has 0 aliphatic heterocycles. The van der Waals surface area contributed by atoms with Crippen molar-refractivity contribution in [2.75, 3.05) is 33.3 Å². The Morgan fingerprint density at radius 1 is 1.35 bits per heavy atom. The summed E-state index contributed by atoms with van der Waals surface area (Å²) in [7, 11) is 1.84. The fourth-order valence-corrected chi connectivity index (χ4v) is 2.48. The molecule has 0 bridgehead atoms. The lowest BCUT2D eigenvalue weighted by atomic mass is 9.95. The van der Waals surface area contributed by atoms with Gasteiger partial charge in [0.1, 0.15) is 5.54 Å². The lowest BCUT2D eigenvalue weighted by Gasteiger charge is -2.27. The molecule has 1 rings (SSSR count). The van der Waals surface area contributed by atoms with Crippen LogP contribution in [0.1, 0.15) is 52.9 Å². The maximum atomic E-state index is 11.9. The van der Waals surface area contributed by atoms with Crippen LogP contribution in [0, 0.1) is 5.92 Å². The van der Waals surface area contributed by atoms with Crippen molar-refractivity contribution in [2.45, 2.75) is 58.4 Å². The van der Waals surface area contributed by atoms with E-state index >= 15 is 0 Å². The molecule has 0 aromatic carbocycles. The fourth-order valence-electron chi connectivity index (χ4n) is 2.48. The Kier molecular flexibility index (Phi) is 7.52. The first kappa shape index (κ1) is 17.4. The number of unbranched alkanes of at least 4 members (excludes halogenated alkanes) is 1. The second-order valence-electron chi connectivity index (χ2n) is 6.10. The van der Waals surface area contributed by atoms with Crippen molar-refractivity contribution in [3.05, 3.63) is 0 Å². The number of ether oxygens (including phenoxy) is 1. The predicted molar refractivity (Wildman–Crippen MR) is 82.8 cm³/mol. The topological polar surface area (TPSA) is 41.6 Å². The molecule has 1 fully saturated rings. The van der Waals surface area contributed by atoms with E-state index < -0.39 is 5.54 Å². The van der Waals surface area contributed by atoms with Crippen molar-refractivity contribution in [1.82, 2.24) is 10.2 Å². The summed E-state index contributed by atoms with van der Waals surface area (Å²) in [6, 6.07) is 0. The van der Waals surface area contributed by atoms with Gasteiger partial charge in [-0.25, -0.2) is 0 Å². The summed E-state index contributed by atoms with van der Waals surface area (Å²) in [5.41, 5.74) is -0.538. The summed E-state index contributed by atoms with van der Waals surface area (Å²) in [6.45, 7) is 10.0. The molecule has 4 nitrogen and oxygen atoms in total. The molecule has 1 unspecified atom stereocenters. The third-order valence-electron chi connectivity index (χ3n) is 4.34. The molecular weight excluding hydrogens is 252 g/mol. The number of nitrogens with one attached hydrogen (secondary N) is 1. The lowest BCUT2D eigenvalue weighted by Crippen LogP contribution is -2.48. The highest BCUT2D eigenvalue weighted by molar-refractivity contribution is 5.80. The Balaban J connectivity index is 2.24. The van der Waals surface area contributed by atoms with Gasteiger partial charge in [-0.15, -0.1) is 0 Å². The second kappa shape index (κ2) is 8.63. The van der Waals surface area contributed by atoms with Gasteiger partial charge in [0.05, 0.1) is 6.61 Å². The van der Waals surface area contributed by atoms with E-state index in [2.05, 4.69) is 17.1 Å². The first-order valence-electron chi connectivity index (χ1n) is 8.14. The molecule has 0 aromatic heterocycles. The SMILES string of the molecule is CCOC(=O)C(C)(CCCCN(CC)CC1CC1)NC. The van der Waals surface area contributed by atoms with Crippen LogP contribution in [-0.4, -0.2) is 49.7 Å².